The summed E-state index contributed by atoms with van der Waals surface area (Å²) in [6, 6.07) is 2.90. The van der Waals surface area contributed by atoms with Crippen LogP contribution in [0.25, 0.3) is 0 Å². The van der Waals surface area contributed by atoms with E-state index in [2.05, 4.69) is 20.8 Å². The molecule has 3 aliphatic rings. The van der Waals surface area contributed by atoms with Crippen LogP contribution in [0.2, 0.25) is 0 Å². The maximum absolute atomic E-state index is 8.97. The molecule has 2 saturated carbocycles. The Bertz CT molecular complexity index is 472. The molecule has 1 aromatic rings. The molecule has 2 heterocycles. The molecule has 4 heteroatoms. The fourth-order valence-corrected chi connectivity index (χ4v) is 4.49. The molecule has 0 saturated heterocycles. The molecular formula is C12H14N4. The SMILES string of the molecule is N#CCC1c2ncnn2C2C3CCC(C3)C12. The third-order valence-corrected chi connectivity index (χ3v) is 4.93. The van der Waals surface area contributed by atoms with Gasteiger partial charge < -0.3 is 0 Å². The number of nitrogens with zero attached hydrogens (tertiary/aromatic N) is 4. The van der Waals surface area contributed by atoms with E-state index in [0.29, 0.717) is 24.3 Å². The Hall–Kier alpha value is -1.37. The van der Waals surface area contributed by atoms with Gasteiger partial charge in [-0.25, -0.2) is 9.67 Å². The van der Waals surface area contributed by atoms with E-state index in [4.69, 9.17) is 5.26 Å². The van der Waals surface area contributed by atoms with Gasteiger partial charge in [0.15, 0.2) is 0 Å². The molecule has 2 aliphatic carbocycles. The highest BCUT2D eigenvalue weighted by Crippen LogP contribution is 2.62. The summed E-state index contributed by atoms with van der Waals surface area (Å²) in [5, 5.41) is 13.4. The van der Waals surface area contributed by atoms with E-state index < -0.39 is 0 Å². The lowest BCUT2D eigenvalue weighted by atomic mass is 9.77. The third-order valence-electron chi connectivity index (χ3n) is 4.93. The predicted molar refractivity (Wildman–Crippen MR) is 56.4 cm³/mol. The fraction of sp³-hybridized carbons (Fsp3) is 0.750. The average molecular weight is 214 g/mol. The Morgan fingerprint density at radius 3 is 3.19 bits per heavy atom. The van der Waals surface area contributed by atoms with Crippen molar-refractivity contribution in [3.05, 3.63) is 12.2 Å². The first-order valence-electron chi connectivity index (χ1n) is 6.16. The minimum Gasteiger partial charge on any atom is -0.246 e. The van der Waals surface area contributed by atoms with Crippen molar-refractivity contribution in [3.63, 3.8) is 0 Å². The fourth-order valence-electron chi connectivity index (χ4n) is 4.49. The van der Waals surface area contributed by atoms with Gasteiger partial charge in [-0.1, -0.05) is 0 Å². The lowest BCUT2D eigenvalue weighted by molar-refractivity contribution is 0.224. The molecule has 0 N–H and O–H groups in total. The molecule has 5 atom stereocenters. The van der Waals surface area contributed by atoms with Gasteiger partial charge in [-0.15, -0.1) is 0 Å². The number of hydrogen-bond donors (Lipinski definition) is 0. The third kappa shape index (κ3) is 0.858. The van der Waals surface area contributed by atoms with Crippen LogP contribution in [0.4, 0.5) is 0 Å². The summed E-state index contributed by atoms with van der Waals surface area (Å²) >= 11 is 0. The second-order valence-electron chi connectivity index (χ2n) is 5.43. The van der Waals surface area contributed by atoms with Crippen molar-refractivity contribution in [2.24, 2.45) is 17.8 Å². The van der Waals surface area contributed by atoms with Gasteiger partial charge in [0.25, 0.3) is 0 Å². The van der Waals surface area contributed by atoms with Crippen molar-refractivity contribution in [3.8, 4) is 6.07 Å². The topological polar surface area (TPSA) is 54.5 Å². The summed E-state index contributed by atoms with van der Waals surface area (Å²) < 4.78 is 2.14. The first kappa shape index (κ1) is 8.74. The van der Waals surface area contributed by atoms with Crippen LogP contribution in [0.5, 0.6) is 0 Å². The van der Waals surface area contributed by atoms with Crippen molar-refractivity contribution < 1.29 is 0 Å². The molecule has 0 spiro atoms. The second kappa shape index (κ2) is 2.85. The summed E-state index contributed by atoms with van der Waals surface area (Å²) in [6.45, 7) is 0. The summed E-state index contributed by atoms with van der Waals surface area (Å²) in [7, 11) is 0. The number of aromatic nitrogens is 3. The second-order valence-corrected chi connectivity index (χ2v) is 5.43. The lowest BCUT2D eigenvalue weighted by Crippen LogP contribution is -2.22. The van der Waals surface area contributed by atoms with Crippen LogP contribution in [0.1, 0.15) is 43.5 Å². The highest BCUT2D eigenvalue weighted by molar-refractivity contribution is 5.18. The van der Waals surface area contributed by atoms with Crippen molar-refractivity contribution >= 4 is 0 Å². The number of rotatable bonds is 1. The Balaban J connectivity index is 1.82. The van der Waals surface area contributed by atoms with Crippen LogP contribution in [-0.4, -0.2) is 14.8 Å². The smallest absolute Gasteiger partial charge is 0.138 e. The summed E-state index contributed by atoms with van der Waals surface area (Å²) in [5.74, 6) is 3.73. The molecule has 1 aliphatic heterocycles. The average Bonchev–Trinajstić information content (AvgIpc) is 2.97. The zero-order valence-electron chi connectivity index (χ0n) is 9.08. The van der Waals surface area contributed by atoms with Crippen molar-refractivity contribution in [1.29, 1.82) is 5.26 Å². The first-order chi connectivity index (χ1) is 7.90. The van der Waals surface area contributed by atoms with Gasteiger partial charge in [0.2, 0.25) is 0 Å². The zero-order valence-corrected chi connectivity index (χ0v) is 9.08. The van der Waals surface area contributed by atoms with E-state index in [1.165, 1.54) is 19.3 Å². The Morgan fingerprint density at radius 2 is 2.31 bits per heavy atom. The standard InChI is InChI=1S/C12H14N4/c13-4-3-9-10-7-1-2-8(5-7)11(10)16-12(9)14-6-15-16/h6-11H,1-3,5H2. The molecule has 2 bridgehead atoms. The van der Waals surface area contributed by atoms with Gasteiger partial charge in [0, 0.05) is 12.3 Å². The first-order valence-corrected chi connectivity index (χ1v) is 6.16. The molecule has 16 heavy (non-hydrogen) atoms. The maximum Gasteiger partial charge on any atom is 0.138 e. The summed E-state index contributed by atoms with van der Waals surface area (Å²) in [5.41, 5.74) is 0. The predicted octanol–water partition coefficient (Wildman–Crippen LogP) is 1.88. The molecule has 2 fully saturated rings. The van der Waals surface area contributed by atoms with Crippen LogP contribution < -0.4 is 0 Å². The summed E-state index contributed by atoms with van der Waals surface area (Å²) in [4.78, 5) is 4.38. The highest BCUT2D eigenvalue weighted by Gasteiger charge is 2.57. The van der Waals surface area contributed by atoms with Crippen molar-refractivity contribution in [2.45, 2.75) is 37.6 Å². The van der Waals surface area contributed by atoms with Gasteiger partial charge in [-0.05, 0) is 37.0 Å². The lowest BCUT2D eigenvalue weighted by Gasteiger charge is -2.27. The van der Waals surface area contributed by atoms with Crippen LogP contribution in [0, 0.1) is 29.1 Å². The molecule has 4 rings (SSSR count). The van der Waals surface area contributed by atoms with E-state index in [-0.39, 0.29) is 0 Å². The summed E-state index contributed by atoms with van der Waals surface area (Å²) in [6.07, 6.45) is 6.34. The Morgan fingerprint density at radius 1 is 1.44 bits per heavy atom. The maximum atomic E-state index is 8.97. The van der Waals surface area contributed by atoms with Crippen molar-refractivity contribution in [2.75, 3.05) is 0 Å². The molecule has 1 aromatic heterocycles. The Labute approximate surface area is 94.3 Å². The molecule has 4 nitrogen and oxygen atoms in total. The van der Waals surface area contributed by atoms with E-state index in [9.17, 15) is 0 Å². The van der Waals surface area contributed by atoms with Crippen LogP contribution >= 0.6 is 0 Å². The molecular weight excluding hydrogens is 200 g/mol. The Kier molecular flexibility index (Phi) is 1.56. The highest BCUT2D eigenvalue weighted by atomic mass is 15.4. The number of hydrogen-bond acceptors (Lipinski definition) is 3. The number of fused-ring (bicyclic) bond motifs is 7. The van der Waals surface area contributed by atoms with Gasteiger partial charge >= 0.3 is 0 Å². The van der Waals surface area contributed by atoms with E-state index in [0.717, 1.165) is 17.7 Å². The van der Waals surface area contributed by atoms with Crippen LogP contribution in [0.15, 0.2) is 6.33 Å². The van der Waals surface area contributed by atoms with Gasteiger partial charge in [0.05, 0.1) is 12.1 Å². The number of nitriles is 1. The van der Waals surface area contributed by atoms with E-state index in [1.54, 1.807) is 6.33 Å². The van der Waals surface area contributed by atoms with Crippen molar-refractivity contribution in [1.82, 2.24) is 14.8 Å². The minimum absolute atomic E-state index is 0.354. The largest absolute Gasteiger partial charge is 0.246 e. The molecule has 82 valence electrons. The van der Waals surface area contributed by atoms with E-state index in [1.807, 2.05) is 0 Å². The van der Waals surface area contributed by atoms with Gasteiger partial charge in [-0.2, -0.15) is 10.4 Å². The normalized spacial score (nSPS) is 43.1. The quantitative estimate of drug-likeness (QED) is 0.717. The zero-order chi connectivity index (χ0) is 10.7. The molecule has 5 unspecified atom stereocenters. The molecule has 0 radical (unpaired) electrons. The van der Waals surface area contributed by atoms with Gasteiger partial charge in [0.1, 0.15) is 12.2 Å². The minimum atomic E-state index is 0.354. The van der Waals surface area contributed by atoms with Gasteiger partial charge in [-0.3, -0.25) is 0 Å². The molecule has 0 aromatic carbocycles. The monoisotopic (exact) mass is 214 g/mol. The van der Waals surface area contributed by atoms with Crippen LogP contribution in [0.3, 0.4) is 0 Å². The molecule has 0 amide bonds. The van der Waals surface area contributed by atoms with E-state index >= 15 is 0 Å². The van der Waals surface area contributed by atoms with Crippen LogP contribution in [-0.2, 0) is 0 Å².